The Kier molecular flexibility index (Phi) is 4.22. The van der Waals surface area contributed by atoms with Gasteiger partial charge in [-0.3, -0.25) is 9.59 Å². The van der Waals surface area contributed by atoms with Crippen molar-refractivity contribution in [2.45, 2.75) is 24.7 Å². The van der Waals surface area contributed by atoms with Gasteiger partial charge >= 0.3 is 0 Å². The van der Waals surface area contributed by atoms with Crippen molar-refractivity contribution in [3.05, 3.63) is 35.9 Å². The van der Waals surface area contributed by atoms with Crippen molar-refractivity contribution in [2.75, 3.05) is 19.6 Å². The Morgan fingerprint density at radius 2 is 1.64 bits per heavy atom. The van der Waals surface area contributed by atoms with Crippen molar-refractivity contribution in [2.24, 2.45) is 0 Å². The molecule has 0 aliphatic carbocycles. The molecule has 2 aliphatic heterocycles. The summed E-state index contributed by atoms with van der Waals surface area (Å²) in [4.78, 5) is 27.6. The fourth-order valence-corrected chi connectivity index (χ4v) is 3.43. The van der Waals surface area contributed by atoms with E-state index in [4.69, 9.17) is 12.2 Å². The number of hydrogen-bond donors (Lipinski definition) is 2. The minimum Gasteiger partial charge on any atom is -0.303 e. The zero-order chi connectivity index (χ0) is 15.6. The van der Waals surface area contributed by atoms with Gasteiger partial charge in [0.15, 0.2) is 10.5 Å². The maximum atomic E-state index is 12.7. The van der Waals surface area contributed by atoms with Crippen LogP contribution in [0.15, 0.2) is 30.3 Å². The summed E-state index contributed by atoms with van der Waals surface area (Å²) >= 11 is 4.93. The molecule has 116 valence electrons. The number of carbonyl (C=O) groups is 2. The summed E-state index contributed by atoms with van der Waals surface area (Å²) in [5.74, 6) is -0.654. The predicted octanol–water partition coefficient (Wildman–Crippen LogP) is 0.941. The molecule has 0 radical (unpaired) electrons. The van der Waals surface area contributed by atoms with Crippen molar-refractivity contribution in [1.29, 1.82) is 0 Å². The Hall–Kier alpha value is -1.79. The van der Waals surface area contributed by atoms with Gasteiger partial charge in [0, 0.05) is 0 Å². The first-order chi connectivity index (χ1) is 10.6. The third-order valence-corrected chi connectivity index (χ3v) is 4.70. The molecule has 2 N–H and O–H groups in total. The summed E-state index contributed by atoms with van der Waals surface area (Å²) in [6, 6.07) is 9.23. The van der Waals surface area contributed by atoms with Gasteiger partial charge in [-0.1, -0.05) is 30.3 Å². The lowest BCUT2D eigenvalue weighted by Crippen LogP contribution is -2.65. The van der Waals surface area contributed by atoms with E-state index in [1.165, 1.54) is 12.8 Å². The van der Waals surface area contributed by atoms with Crippen LogP contribution in [0.4, 0.5) is 0 Å². The van der Waals surface area contributed by atoms with Gasteiger partial charge in [-0.15, -0.1) is 0 Å². The van der Waals surface area contributed by atoms with Crippen LogP contribution in [-0.4, -0.2) is 41.5 Å². The van der Waals surface area contributed by atoms with Gasteiger partial charge in [0.1, 0.15) is 0 Å². The second kappa shape index (κ2) is 6.14. The molecule has 6 heteroatoms. The van der Waals surface area contributed by atoms with E-state index in [2.05, 4.69) is 15.5 Å². The normalized spacial score (nSPS) is 21.5. The summed E-state index contributed by atoms with van der Waals surface area (Å²) in [5.41, 5.74) is -0.488. The molecule has 2 fully saturated rings. The molecule has 1 aromatic rings. The first kappa shape index (κ1) is 15.1. The summed E-state index contributed by atoms with van der Waals surface area (Å²) in [5, 5.41) is 5.32. The van der Waals surface area contributed by atoms with Crippen LogP contribution >= 0.6 is 12.2 Å². The molecule has 1 aromatic carbocycles. The minimum atomic E-state index is -1.20. The van der Waals surface area contributed by atoms with Gasteiger partial charge < -0.3 is 15.5 Å². The van der Waals surface area contributed by atoms with Crippen molar-refractivity contribution in [3.63, 3.8) is 0 Å². The van der Waals surface area contributed by atoms with E-state index in [0.717, 1.165) is 19.6 Å². The Labute approximate surface area is 135 Å². The second-order valence-electron chi connectivity index (χ2n) is 5.81. The van der Waals surface area contributed by atoms with Crippen LogP contribution in [0.1, 0.15) is 24.8 Å². The largest absolute Gasteiger partial charge is 0.303 e. The molecule has 0 saturated carbocycles. The fraction of sp³-hybridized carbons (Fsp3) is 0.438. The topological polar surface area (TPSA) is 61.4 Å². The van der Waals surface area contributed by atoms with E-state index in [1.807, 2.05) is 30.3 Å². The van der Waals surface area contributed by atoms with Gasteiger partial charge in [-0.25, -0.2) is 0 Å². The highest BCUT2D eigenvalue weighted by molar-refractivity contribution is 7.80. The third kappa shape index (κ3) is 2.64. The van der Waals surface area contributed by atoms with Gasteiger partial charge in [-0.2, -0.15) is 0 Å². The van der Waals surface area contributed by atoms with Crippen LogP contribution in [0.2, 0.25) is 0 Å². The average Bonchev–Trinajstić information content (AvgIpc) is 3.01. The maximum absolute atomic E-state index is 12.7. The molecule has 5 nitrogen and oxygen atoms in total. The zero-order valence-corrected chi connectivity index (χ0v) is 13.1. The highest BCUT2D eigenvalue weighted by Gasteiger charge is 2.50. The van der Waals surface area contributed by atoms with Gasteiger partial charge in [0.2, 0.25) is 11.8 Å². The second-order valence-corrected chi connectivity index (χ2v) is 6.22. The number of likely N-dealkylation sites (tertiary alicyclic amines) is 1. The minimum absolute atomic E-state index is 0.0859. The average molecular weight is 317 g/mol. The molecular weight excluding hydrogens is 298 g/mol. The van der Waals surface area contributed by atoms with E-state index in [0.29, 0.717) is 12.0 Å². The molecule has 0 atom stereocenters. The summed E-state index contributed by atoms with van der Waals surface area (Å²) in [6.07, 6.45) is 2.82. The fourth-order valence-electron chi connectivity index (χ4n) is 3.24. The van der Waals surface area contributed by atoms with E-state index >= 15 is 0 Å². The lowest BCUT2D eigenvalue weighted by atomic mass is 9.74. The van der Waals surface area contributed by atoms with Crippen molar-refractivity contribution in [3.8, 4) is 0 Å². The Bertz CT molecular complexity index is 577. The number of hydrogen-bond acceptors (Lipinski definition) is 4. The van der Waals surface area contributed by atoms with Crippen LogP contribution in [-0.2, 0) is 15.0 Å². The van der Waals surface area contributed by atoms with Crippen LogP contribution < -0.4 is 10.6 Å². The first-order valence-electron chi connectivity index (χ1n) is 7.58. The highest BCUT2D eigenvalue weighted by Crippen LogP contribution is 2.31. The van der Waals surface area contributed by atoms with Crippen molar-refractivity contribution in [1.82, 2.24) is 15.5 Å². The quantitative estimate of drug-likeness (QED) is 0.641. The number of amides is 2. The van der Waals surface area contributed by atoms with Crippen LogP contribution in [0.5, 0.6) is 0 Å². The molecule has 2 aliphatic rings. The number of thiocarbonyl (C=S) groups is 1. The van der Waals surface area contributed by atoms with E-state index in [1.54, 1.807) is 0 Å². The number of nitrogens with one attached hydrogen (secondary N) is 2. The van der Waals surface area contributed by atoms with Crippen LogP contribution in [0, 0.1) is 0 Å². The van der Waals surface area contributed by atoms with E-state index in [9.17, 15) is 9.59 Å². The van der Waals surface area contributed by atoms with Gasteiger partial charge in [-0.05, 0) is 56.7 Å². The Morgan fingerprint density at radius 1 is 1.05 bits per heavy atom. The van der Waals surface area contributed by atoms with E-state index in [-0.39, 0.29) is 16.9 Å². The Morgan fingerprint density at radius 3 is 2.23 bits per heavy atom. The standard InChI is InChI=1S/C16H19N3O2S/c20-13-16(12-6-2-1-3-7-12,14(21)18-15(22)17-13)8-11-19-9-4-5-10-19/h1-3,6-7H,4-5,8-11H2,(H2,17,18,20,21,22). The third-order valence-electron chi connectivity index (χ3n) is 4.50. The molecule has 2 heterocycles. The smallest absolute Gasteiger partial charge is 0.246 e. The van der Waals surface area contributed by atoms with Gasteiger partial charge in [0.25, 0.3) is 0 Å². The molecule has 2 amide bonds. The highest BCUT2D eigenvalue weighted by atomic mass is 32.1. The zero-order valence-electron chi connectivity index (χ0n) is 12.3. The molecule has 2 saturated heterocycles. The lowest BCUT2D eigenvalue weighted by molar-refractivity contribution is -0.138. The van der Waals surface area contributed by atoms with E-state index < -0.39 is 5.41 Å². The molecule has 0 spiro atoms. The predicted molar refractivity (Wildman–Crippen MR) is 87.3 cm³/mol. The molecule has 0 bridgehead atoms. The number of nitrogens with zero attached hydrogens (tertiary/aromatic N) is 1. The van der Waals surface area contributed by atoms with Crippen molar-refractivity contribution >= 4 is 29.1 Å². The van der Waals surface area contributed by atoms with Crippen molar-refractivity contribution < 1.29 is 9.59 Å². The SMILES string of the molecule is O=C1NC(=S)NC(=O)C1(CCN1CCCC1)c1ccccc1. The van der Waals surface area contributed by atoms with Gasteiger partial charge in [0.05, 0.1) is 0 Å². The van der Waals surface area contributed by atoms with Crippen LogP contribution in [0.25, 0.3) is 0 Å². The summed E-state index contributed by atoms with van der Waals surface area (Å²) in [6.45, 7) is 2.79. The maximum Gasteiger partial charge on any atom is 0.246 e. The molecule has 0 unspecified atom stereocenters. The first-order valence-corrected chi connectivity index (χ1v) is 7.98. The van der Waals surface area contributed by atoms with Crippen LogP contribution in [0.3, 0.4) is 0 Å². The molecule has 22 heavy (non-hydrogen) atoms. The Balaban J connectivity index is 1.92. The summed E-state index contributed by atoms with van der Waals surface area (Å²) < 4.78 is 0. The molecule has 3 rings (SSSR count). The molecular formula is C16H19N3O2S. The molecule has 0 aromatic heterocycles. The number of carbonyl (C=O) groups excluding carboxylic acids is 2. The monoisotopic (exact) mass is 317 g/mol. The number of rotatable bonds is 4. The lowest BCUT2D eigenvalue weighted by Gasteiger charge is -2.36. The number of benzene rings is 1. The summed E-state index contributed by atoms with van der Waals surface area (Å²) in [7, 11) is 0.